The second-order valence-electron chi connectivity index (χ2n) is 5.28. The van der Waals surface area contributed by atoms with Gasteiger partial charge in [-0.1, -0.05) is 34.7 Å². The van der Waals surface area contributed by atoms with Gasteiger partial charge in [-0.15, -0.1) is 10.2 Å². The van der Waals surface area contributed by atoms with Crippen LogP contribution in [-0.2, 0) is 11.0 Å². The molecule has 2 aromatic rings. The molecule has 28 heavy (non-hydrogen) atoms. The van der Waals surface area contributed by atoms with Crippen LogP contribution in [-0.4, -0.2) is 34.1 Å². The second kappa shape index (κ2) is 8.74. The van der Waals surface area contributed by atoms with Gasteiger partial charge < -0.3 is 10.6 Å². The number of hydrogen-bond donors (Lipinski definition) is 2. The monoisotopic (exact) mass is 464 g/mol. The van der Waals surface area contributed by atoms with Crippen molar-refractivity contribution in [2.75, 3.05) is 17.2 Å². The SMILES string of the molecule is CC(Sc1nnc(NCC(F)(F)F)s1)C(=O)Nc1ccc(Cl)c(C(F)(F)F)c1. The quantitative estimate of drug-likeness (QED) is 0.448. The van der Waals surface area contributed by atoms with Crippen LogP contribution < -0.4 is 10.6 Å². The fourth-order valence-corrected chi connectivity index (χ4v) is 3.89. The fourth-order valence-electron chi connectivity index (χ4n) is 1.77. The van der Waals surface area contributed by atoms with E-state index in [0.29, 0.717) is 6.07 Å². The number of halogens is 7. The lowest BCUT2D eigenvalue weighted by Gasteiger charge is -2.13. The predicted molar refractivity (Wildman–Crippen MR) is 94.9 cm³/mol. The maximum Gasteiger partial charge on any atom is 0.417 e. The van der Waals surface area contributed by atoms with Crippen LogP contribution in [0.5, 0.6) is 0 Å². The normalized spacial score (nSPS) is 13.3. The minimum atomic E-state index is -4.68. The zero-order chi connectivity index (χ0) is 21.1. The number of aromatic nitrogens is 2. The number of carbonyl (C=O) groups excluding carboxylic acids is 1. The second-order valence-corrected chi connectivity index (χ2v) is 8.26. The molecule has 5 nitrogen and oxygen atoms in total. The van der Waals surface area contributed by atoms with Crippen LogP contribution in [0, 0.1) is 0 Å². The largest absolute Gasteiger partial charge is 0.417 e. The number of nitrogens with zero attached hydrogens (tertiary/aromatic N) is 2. The molecule has 1 heterocycles. The van der Waals surface area contributed by atoms with Crippen molar-refractivity contribution in [1.29, 1.82) is 0 Å². The van der Waals surface area contributed by atoms with Gasteiger partial charge in [0.2, 0.25) is 11.0 Å². The smallest absolute Gasteiger partial charge is 0.351 e. The van der Waals surface area contributed by atoms with Crippen molar-refractivity contribution in [3.63, 3.8) is 0 Å². The number of alkyl halides is 6. The van der Waals surface area contributed by atoms with E-state index in [-0.39, 0.29) is 15.2 Å². The highest BCUT2D eigenvalue weighted by Gasteiger charge is 2.33. The van der Waals surface area contributed by atoms with Crippen LogP contribution >= 0.6 is 34.7 Å². The van der Waals surface area contributed by atoms with Crippen LogP contribution in [0.4, 0.5) is 37.2 Å². The van der Waals surface area contributed by atoms with Crippen LogP contribution in [0.2, 0.25) is 5.02 Å². The van der Waals surface area contributed by atoms with Crippen molar-refractivity contribution in [2.24, 2.45) is 0 Å². The maximum absolute atomic E-state index is 12.9. The summed E-state index contributed by atoms with van der Waals surface area (Å²) in [5, 5.41) is 10.2. The first kappa shape index (κ1) is 22.6. The first-order valence-corrected chi connectivity index (χ1v) is 9.41. The standard InChI is InChI=1S/C14H11ClF6N4OS2/c1-6(27-12-25-24-11(28-12)22-5-13(16,17)18)10(26)23-7-2-3-9(15)8(4-7)14(19,20)21/h2-4,6H,5H2,1H3,(H,22,24)(H,23,26). The lowest BCUT2D eigenvalue weighted by Crippen LogP contribution is -2.22. The number of amides is 1. The van der Waals surface area contributed by atoms with Crippen molar-refractivity contribution in [1.82, 2.24) is 10.2 Å². The highest BCUT2D eigenvalue weighted by atomic mass is 35.5. The Labute approximate surface area is 167 Å². The van der Waals surface area contributed by atoms with E-state index in [0.717, 1.165) is 29.2 Å². The molecule has 2 N–H and O–H groups in total. The van der Waals surface area contributed by atoms with Gasteiger partial charge in [0, 0.05) is 5.69 Å². The molecule has 1 aromatic heterocycles. The number of thioether (sulfide) groups is 1. The van der Waals surface area contributed by atoms with Gasteiger partial charge in [0.15, 0.2) is 4.34 Å². The molecule has 0 fully saturated rings. The Morgan fingerprint density at radius 2 is 1.93 bits per heavy atom. The molecule has 1 atom stereocenters. The summed E-state index contributed by atoms with van der Waals surface area (Å²) in [5.74, 6) is -0.625. The molecule has 0 radical (unpaired) electrons. The predicted octanol–water partition coefficient (Wildman–Crippen LogP) is 5.30. The van der Waals surface area contributed by atoms with E-state index in [2.05, 4.69) is 20.8 Å². The Balaban J connectivity index is 1.98. The van der Waals surface area contributed by atoms with E-state index >= 15 is 0 Å². The van der Waals surface area contributed by atoms with Gasteiger partial charge in [-0.2, -0.15) is 26.3 Å². The van der Waals surface area contributed by atoms with E-state index in [4.69, 9.17) is 11.6 Å². The summed E-state index contributed by atoms with van der Waals surface area (Å²) in [7, 11) is 0. The van der Waals surface area contributed by atoms with Crippen LogP contribution in [0.15, 0.2) is 22.5 Å². The van der Waals surface area contributed by atoms with Crippen LogP contribution in [0.3, 0.4) is 0 Å². The number of hydrogen-bond acceptors (Lipinski definition) is 6. The molecule has 1 unspecified atom stereocenters. The van der Waals surface area contributed by atoms with Gasteiger partial charge in [-0.25, -0.2) is 0 Å². The summed E-state index contributed by atoms with van der Waals surface area (Å²) in [4.78, 5) is 12.2. The number of nitrogens with one attached hydrogen (secondary N) is 2. The Morgan fingerprint density at radius 1 is 1.25 bits per heavy atom. The lowest BCUT2D eigenvalue weighted by atomic mass is 10.2. The third-order valence-electron chi connectivity index (χ3n) is 3.03. The Bertz CT molecular complexity index is 842. The van der Waals surface area contributed by atoms with Crippen molar-refractivity contribution < 1.29 is 31.1 Å². The zero-order valence-corrected chi connectivity index (χ0v) is 16.2. The van der Waals surface area contributed by atoms with Crippen molar-refractivity contribution in [3.05, 3.63) is 28.8 Å². The van der Waals surface area contributed by atoms with Gasteiger partial charge in [0.05, 0.1) is 15.8 Å². The molecule has 0 bridgehead atoms. The van der Waals surface area contributed by atoms with E-state index in [1.807, 2.05) is 0 Å². The van der Waals surface area contributed by atoms with Crippen molar-refractivity contribution in [3.8, 4) is 0 Å². The molecule has 0 aliphatic rings. The molecule has 1 amide bonds. The number of benzene rings is 1. The van der Waals surface area contributed by atoms with Gasteiger partial charge in [0.1, 0.15) is 6.54 Å². The molecule has 0 saturated heterocycles. The molecule has 1 aromatic carbocycles. The van der Waals surface area contributed by atoms with Crippen molar-refractivity contribution in [2.45, 2.75) is 28.9 Å². The first-order chi connectivity index (χ1) is 12.8. The minimum absolute atomic E-state index is 0.0695. The molecule has 14 heteroatoms. The first-order valence-electron chi connectivity index (χ1n) is 7.33. The fraction of sp³-hybridized carbons (Fsp3) is 0.357. The molecule has 0 saturated carbocycles. The van der Waals surface area contributed by atoms with Gasteiger partial charge in [-0.3, -0.25) is 4.79 Å². The topological polar surface area (TPSA) is 66.9 Å². The Hall–Kier alpha value is -1.73. The molecule has 0 aliphatic heterocycles. The number of rotatable bonds is 6. The van der Waals surface area contributed by atoms with Crippen LogP contribution in [0.1, 0.15) is 12.5 Å². The lowest BCUT2D eigenvalue weighted by molar-refractivity contribution is -0.137. The van der Waals surface area contributed by atoms with Crippen LogP contribution in [0.25, 0.3) is 0 Å². The average molecular weight is 465 g/mol. The molecular weight excluding hydrogens is 454 g/mol. The van der Waals surface area contributed by atoms with Gasteiger partial charge in [0.25, 0.3) is 0 Å². The summed E-state index contributed by atoms with van der Waals surface area (Å²) in [5.41, 5.74) is -1.18. The summed E-state index contributed by atoms with van der Waals surface area (Å²) in [6.07, 6.45) is -9.09. The van der Waals surface area contributed by atoms with E-state index in [9.17, 15) is 31.1 Å². The van der Waals surface area contributed by atoms with E-state index < -0.39 is 40.6 Å². The summed E-state index contributed by atoms with van der Waals surface area (Å²) in [6, 6.07) is 2.94. The Kier molecular flexibility index (Phi) is 7.04. The third kappa shape index (κ3) is 6.71. The third-order valence-corrected chi connectivity index (χ3v) is 5.43. The average Bonchev–Trinajstić information content (AvgIpc) is 3.00. The van der Waals surface area contributed by atoms with Gasteiger partial charge in [-0.05, 0) is 25.1 Å². The van der Waals surface area contributed by atoms with E-state index in [1.165, 1.54) is 13.0 Å². The Morgan fingerprint density at radius 3 is 2.54 bits per heavy atom. The maximum atomic E-state index is 12.9. The van der Waals surface area contributed by atoms with E-state index in [1.54, 1.807) is 0 Å². The molecule has 2 rings (SSSR count). The number of carbonyl (C=O) groups is 1. The van der Waals surface area contributed by atoms with Crippen molar-refractivity contribution >= 4 is 51.4 Å². The molecule has 0 spiro atoms. The molecule has 0 aliphatic carbocycles. The zero-order valence-electron chi connectivity index (χ0n) is 13.8. The summed E-state index contributed by atoms with van der Waals surface area (Å²) >= 11 is 7.23. The highest BCUT2D eigenvalue weighted by Crippen LogP contribution is 2.36. The highest BCUT2D eigenvalue weighted by molar-refractivity contribution is 8.02. The summed E-state index contributed by atoms with van der Waals surface area (Å²) in [6.45, 7) is 0.186. The summed E-state index contributed by atoms with van der Waals surface area (Å²) < 4.78 is 75.3. The number of anilines is 2. The van der Waals surface area contributed by atoms with Gasteiger partial charge >= 0.3 is 12.4 Å². The molecular formula is C14H11ClF6N4OS2. The minimum Gasteiger partial charge on any atom is -0.351 e. The molecule has 154 valence electrons.